The van der Waals surface area contributed by atoms with Crippen molar-refractivity contribution < 1.29 is 18.7 Å². The molecule has 0 unspecified atom stereocenters. The van der Waals surface area contributed by atoms with Crippen molar-refractivity contribution in [3.05, 3.63) is 48.3 Å². The Balaban J connectivity index is 1.85. The molecule has 25 heavy (non-hydrogen) atoms. The Kier molecular flexibility index (Phi) is 7.09. The van der Waals surface area contributed by atoms with Gasteiger partial charge in [0, 0.05) is 19.2 Å². The van der Waals surface area contributed by atoms with Gasteiger partial charge in [0.1, 0.15) is 5.82 Å². The third-order valence-corrected chi connectivity index (χ3v) is 4.17. The van der Waals surface area contributed by atoms with E-state index in [9.17, 15) is 14.0 Å². The Labute approximate surface area is 147 Å². The van der Waals surface area contributed by atoms with E-state index in [-0.39, 0.29) is 30.4 Å². The van der Waals surface area contributed by atoms with Crippen molar-refractivity contribution in [3.8, 4) is 0 Å². The third kappa shape index (κ3) is 5.95. The molecule has 1 heterocycles. The lowest BCUT2D eigenvalue weighted by Crippen LogP contribution is -2.47. The molecular weight excluding hydrogens is 325 g/mol. The molecule has 0 aromatic heterocycles. The van der Waals surface area contributed by atoms with Crippen LogP contribution in [0.25, 0.3) is 0 Å². The Bertz CT molecular complexity index is 606. The first-order valence-electron chi connectivity index (χ1n) is 8.25. The number of hydrogen-bond donors (Lipinski definition) is 2. The standard InChI is InChI=1S/C18H24FN3O3/c1-3-9-20-18(24)21-17(23)12-22(2)15-8-10-25-16(11-15)13-4-6-14(19)7-5-13/h3-7,15-16H,1,8-12H2,2H3,(H2,20,21,23,24)/t15-,16+/m0/s1. The van der Waals surface area contributed by atoms with E-state index < -0.39 is 6.03 Å². The lowest BCUT2D eigenvalue weighted by molar-refractivity contribution is -0.122. The number of nitrogens with zero attached hydrogens (tertiary/aromatic N) is 1. The van der Waals surface area contributed by atoms with Crippen molar-refractivity contribution in [1.82, 2.24) is 15.5 Å². The van der Waals surface area contributed by atoms with Crippen molar-refractivity contribution in [1.29, 1.82) is 0 Å². The van der Waals surface area contributed by atoms with Gasteiger partial charge in [0.25, 0.3) is 0 Å². The van der Waals surface area contributed by atoms with E-state index in [1.165, 1.54) is 18.2 Å². The maximum Gasteiger partial charge on any atom is 0.321 e. The molecule has 1 aromatic carbocycles. The van der Waals surface area contributed by atoms with Gasteiger partial charge in [-0.25, -0.2) is 9.18 Å². The molecule has 136 valence electrons. The molecule has 1 aliphatic rings. The fourth-order valence-electron chi connectivity index (χ4n) is 2.82. The first kappa shape index (κ1) is 19.1. The van der Waals surface area contributed by atoms with Crippen LogP contribution in [-0.2, 0) is 9.53 Å². The Morgan fingerprint density at radius 3 is 2.80 bits per heavy atom. The first-order valence-corrected chi connectivity index (χ1v) is 8.25. The molecule has 1 aromatic rings. The molecule has 7 heteroatoms. The molecule has 6 nitrogen and oxygen atoms in total. The number of benzene rings is 1. The number of carbonyl (C=O) groups excluding carboxylic acids is 2. The predicted octanol–water partition coefficient (Wildman–Crippen LogP) is 1.99. The third-order valence-electron chi connectivity index (χ3n) is 4.17. The first-order chi connectivity index (χ1) is 12.0. The molecule has 0 saturated carbocycles. The van der Waals surface area contributed by atoms with Crippen LogP contribution in [0.3, 0.4) is 0 Å². The maximum absolute atomic E-state index is 13.1. The Morgan fingerprint density at radius 2 is 2.12 bits per heavy atom. The zero-order chi connectivity index (χ0) is 18.2. The van der Waals surface area contributed by atoms with Crippen LogP contribution >= 0.6 is 0 Å². The van der Waals surface area contributed by atoms with Crippen molar-refractivity contribution in [2.24, 2.45) is 0 Å². The van der Waals surface area contributed by atoms with E-state index in [1.54, 1.807) is 12.1 Å². The number of halogens is 1. The van der Waals surface area contributed by atoms with Gasteiger partial charge in [-0.15, -0.1) is 6.58 Å². The molecule has 3 amide bonds. The van der Waals surface area contributed by atoms with Crippen LogP contribution in [0.15, 0.2) is 36.9 Å². The van der Waals surface area contributed by atoms with Crippen molar-refractivity contribution in [2.75, 3.05) is 26.7 Å². The van der Waals surface area contributed by atoms with E-state index in [0.29, 0.717) is 19.6 Å². The van der Waals surface area contributed by atoms with Gasteiger partial charge in [-0.2, -0.15) is 0 Å². The number of hydrogen-bond acceptors (Lipinski definition) is 4. The number of nitrogens with one attached hydrogen (secondary N) is 2. The monoisotopic (exact) mass is 349 g/mol. The van der Waals surface area contributed by atoms with Gasteiger partial charge in [-0.05, 0) is 37.6 Å². The number of amides is 3. The molecule has 1 saturated heterocycles. The normalized spacial score (nSPS) is 20.1. The summed E-state index contributed by atoms with van der Waals surface area (Å²) in [5, 5.41) is 4.77. The highest BCUT2D eigenvalue weighted by atomic mass is 19.1. The highest BCUT2D eigenvalue weighted by Gasteiger charge is 2.27. The number of likely N-dealkylation sites (N-methyl/N-ethyl adjacent to an activating group) is 1. The number of rotatable bonds is 6. The predicted molar refractivity (Wildman–Crippen MR) is 92.5 cm³/mol. The lowest BCUT2D eigenvalue weighted by atomic mass is 9.96. The number of urea groups is 1. The largest absolute Gasteiger partial charge is 0.373 e. The van der Waals surface area contributed by atoms with Gasteiger partial charge in [-0.3, -0.25) is 15.0 Å². The fourth-order valence-corrected chi connectivity index (χ4v) is 2.82. The van der Waals surface area contributed by atoms with Crippen LogP contribution in [0.4, 0.5) is 9.18 Å². The van der Waals surface area contributed by atoms with Crippen LogP contribution in [0.5, 0.6) is 0 Å². The molecule has 0 aliphatic carbocycles. The SMILES string of the molecule is C=CCNC(=O)NC(=O)CN(C)[C@H]1CCO[C@@H](c2ccc(F)cc2)C1. The molecule has 2 atom stereocenters. The van der Waals surface area contributed by atoms with Crippen LogP contribution in [-0.4, -0.2) is 49.6 Å². The van der Waals surface area contributed by atoms with E-state index in [4.69, 9.17) is 4.74 Å². The molecule has 0 spiro atoms. The quantitative estimate of drug-likeness (QED) is 0.771. The summed E-state index contributed by atoms with van der Waals surface area (Å²) in [6, 6.07) is 5.89. The van der Waals surface area contributed by atoms with Crippen molar-refractivity contribution in [2.45, 2.75) is 25.0 Å². The van der Waals surface area contributed by atoms with Crippen LogP contribution in [0, 0.1) is 5.82 Å². The summed E-state index contributed by atoms with van der Waals surface area (Å²) < 4.78 is 18.8. The second-order valence-corrected chi connectivity index (χ2v) is 6.05. The van der Waals surface area contributed by atoms with E-state index in [2.05, 4.69) is 17.2 Å². The number of imide groups is 1. The van der Waals surface area contributed by atoms with E-state index >= 15 is 0 Å². The molecule has 1 fully saturated rings. The average Bonchev–Trinajstić information content (AvgIpc) is 2.60. The van der Waals surface area contributed by atoms with E-state index in [0.717, 1.165) is 12.0 Å². The smallest absolute Gasteiger partial charge is 0.321 e. The summed E-state index contributed by atoms with van der Waals surface area (Å²) in [6.07, 6.45) is 2.91. The number of carbonyl (C=O) groups is 2. The molecule has 1 aliphatic heterocycles. The summed E-state index contributed by atoms with van der Waals surface area (Å²) in [7, 11) is 1.85. The molecule has 0 bridgehead atoms. The summed E-state index contributed by atoms with van der Waals surface area (Å²) in [6.45, 7) is 4.47. The maximum atomic E-state index is 13.1. The summed E-state index contributed by atoms with van der Waals surface area (Å²) in [5.41, 5.74) is 0.924. The Morgan fingerprint density at radius 1 is 1.40 bits per heavy atom. The van der Waals surface area contributed by atoms with Crippen LogP contribution in [0.1, 0.15) is 24.5 Å². The zero-order valence-corrected chi connectivity index (χ0v) is 14.3. The summed E-state index contributed by atoms with van der Waals surface area (Å²) in [5.74, 6) is -0.645. The van der Waals surface area contributed by atoms with Crippen LogP contribution < -0.4 is 10.6 Å². The van der Waals surface area contributed by atoms with E-state index in [1.807, 2.05) is 11.9 Å². The fraction of sp³-hybridized carbons (Fsp3) is 0.444. The van der Waals surface area contributed by atoms with Crippen molar-refractivity contribution in [3.63, 3.8) is 0 Å². The molecular formula is C18H24FN3O3. The minimum atomic E-state index is -0.533. The van der Waals surface area contributed by atoms with Gasteiger partial charge in [0.05, 0.1) is 12.6 Å². The molecule has 2 N–H and O–H groups in total. The lowest BCUT2D eigenvalue weighted by Gasteiger charge is -2.35. The second-order valence-electron chi connectivity index (χ2n) is 6.05. The molecule has 0 radical (unpaired) electrons. The zero-order valence-electron chi connectivity index (χ0n) is 14.3. The van der Waals surface area contributed by atoms with Gasteiger partial charge in [0.2, 0.25) is 5.91 Å². The van der Waals surface area contributed by atoms with Crippen molar-refractivity contribution >= 4 is 11.9 Å². The second kappa shape index (κ2) is 9.29. The number of ether oxygens (including phenoxy) is 1. The topological polar surface area (TPSA) is 70.7 Å². The molecule has 2 rings (SSSR count). The van der Waals surface area contributed by atoms with Gasteiger partial charge >= 0.3 is 6.03 Å². The van der Waals surface area contributed by atoms with Gasteiger partial charge in [0.15, 0.2) is 0 Å². The van der Waals surface area contributed by atoms with Gasteiger partial charge < -0.3 is 10.1 Å². The minimum Gasteiger partial charge on any atom is -0.373 e. The Hall–Kier alpha value is -2.25. The highest BCUT2D eigenvalue weighted by Crippen LogP contribution is 2.30. The van der Waals surface area contributed by atoms with Crippen LogP contribution in [0.2, 0.25) is 0 Å². The summed E-state index contributed by atoms with van der Waals surface area (Å²) >= 11 is 0. The minimum absolute atomic E-state index is 0.113. The highest BCUT2D eigenvalue weighted by molar-refractivity contribution is 5.95. The summed E-state index contributed by atoms with van der Waals surface area (Å²) in [4.78, 5) is 25.3. The average molecular weight is 349 g/mol. The van der Waals surface area contributed by atoms with Gasteiger partial charge in [-0.1, -0.05) is 18.2 Å².